The number of H-pyrrole nitrogens is 1. The first-order chi connectivity index (χ1) is 4.79. The van der Waals surface area contributed by atoms with Crippen molar-refractivity contribution in [1.82, 2.24) is 15.2 Å². The molecule has 6 nitrogen and oxygen atoms in total. The molecule has 0 saturated carbocycles. The molecule has 0 aliphatic heterocycles. The van der Waals surface area contributed by atoms with Gasteiger partial charge in [0.05, 0.1) is 6.42 Å². The number of hydrogen-bond acceptors (Lipinski definition) is 4. The van der Waals surface area contributed by atoms with Crippen molar-refractivity contribution in [2.45, 2.75) is 6.42 Å². The molecular weight excluding hydrogens is 136 g/mol. The quantitative estimate of drug-likeness (QED) is 0.460. The maximum Gasteiger partial charge on any atom is 0.211 e. The summed E-state index contributed by atoms with van der Waals surface area (Å²) < 4.78 is 0. The molecule has 1 aromatic rings. The first-order valence-corrected chi connectivity index (χ1v) is 2.75. The normalized spacial score (nSPS) is 9.60. The highest BCUT2D eigenvalue weighted by Gasteiger charge is 2.01. The Hall–Kier alpha value is -1.46. The maximum atomic E-state index is 9.83. The molecule has 1 heterocycles. The van der Waals surface area contributed by atoms with Crippen molar-refractivity contribution < 1.29 is 4.92 Å². The van der Waals surface area contributed by atoms with E-state index in [1.165, 1.54) is 6.33 Å². The largest absolute Gasteiger partial charge is 0.266 e. The summed E-state index contributed by atoms with van der Waals surface area (Å²) in [5.74, 6) is 0.483. The maximum absolute atomic E-state index is 9.83. The van der Waals surface area contributed by atoms with Crippen LogP contribution in [0.1, 0.15) is 5.82 Å². The Labute approximate surface area is 56.4 Å². The lowest BCUT2D eigenvalue weighted by molar-refractivity contribution is -0.479. The minimum Gasteiger partial charge on any atom is -0.266 e. The molecule has 0 saturated heterocycles. The molecule has 0 atom stereocenters. The van der Waals surface area contributed by atoms with Crippen LogP contribution in [0.3, 0.4) is 0 Å². The standard InChI is InChI=1S/C4H6N4O2/c9-8(10)2-1-4-5-3-6-7-4/h3H,1-2H2,(H,5,6,7). The zero-order chi connectivity index (χ0) is 7.40. The van der Waals surface area contributed by atoms with Gasteiger partial charge in [0.1, 0.15) is 6.33 Å². The molecule has 0 aliphatic rings. The Balaban J connectivity index is 2.35. The van der Waals surface area contributed by atoms with Crippen LogP contribution in [0.15, 0.2) is 6.33 Å². The lowest BCUT2D eigenvalue weighted by atomic mass is 10.4. The number of nitrogens with zero attached hydrogens (tertiary/aromatic N) is 3. The van der Waals surface area contributed by atoms with Crippen molar-refractivity contribution in [1.29, 1.82) is 0 Å². The molecule has 6 heteroatoms. The van der Waals surface area contributed by atoms with E-state index in [0.717, 1.165) is 0 Å². The molecule has 0 radical (unpaired) electrons. The molecule has 0 amide bonds. The molecule has 0 bridgehead atoms. The summed E-state index contributed by atoms with van der Waals surface area (Å²) in [6, 6.07) is 0. The van der Waals surface area contributed by atoms with Crippen LogP contribution in [0.4, 0.5) is 0 Å². The molecule has 1 rings (SSSR count). The first-order valence-electron chi connectivity index (χ1n) is 2.75. The van der Waals surface area contributed by atoms with Gasteiger partial charge in [-0.1, -0.05) is 0 Å². The van der Waals surface area contributed by atoms with Gasteiger partial charge in [-0.3, -0.25) is 15.2 Å². The topological polar surface area (TPSA) is 84.7 Å². The van der Waals surface area contributed by atoms with E-state index >= 15 is 0 Å². The van der Waals surface area contributed by atoms with E-state index in [2.05, 4.69) is 15.2 Å². The first kappa shape index (κ1) is 6.66. The summed E-state index contributed by atoms with van der Waals surface area (Å²) in [4.78, 5) is 13.2. The van der Waals surface area contributed by atoms with Gasteiger partial charge < -0.3 is 0 Å². The molecular formula is C4H6N4O2. The molecule has 0 aliphatic carbocycles. The van der Waals surface area contributed by atoms with Gasteiger partial charge in [0, 0.05) is 4.92 Å². The van der Waals surface area contributed by atoms with Crippen molar-refractivity contribution in [3.8, 4) is 0 Å². The second-order valence-corrected chi connectivity index (χ2v) is 1.72. The van der Waals surface area contributed by atoms with Crippen molar-refractivity contribution in [3.05, 3.63) is 22.3 Å². The highest BCUT2D eigenvalue weighted by molar-refractivity contribution is 4.78. The summed E-state index contributed by atoms with van der Waals surface area (Å²) in [6.45, 7) is -0.113. The smallest absolute Gasteiger partial charge is 0.211 e. The lowest BCUT2D eigenvalue weighted by Crippen LogP contribution is -2.04. The zero-order valence-corrected chi connectivity index (χ0v) is 5.15. The van der Waals surface area contributed by atoms with Gasteiger partial charge in [0.2, 0.25) is 6.54 Å². The molecule has 1 N–H and O–H groups in total. The van der Waals surface area contributed by atoms with Gasteiger partial charge in [-0.05, 0) is 0 Å². The average molecular weight is 142 g/mol. The molecule has 0 aromatic carbocycles. The van der Waals surface area contributed by atoms with Gasteiger partial charge in [-0.2, -0.15) is 5.10 Å². The van der Waals surface area contributed by atoms with Gasteiger partial charge in [0.25, 0.3) is 0 Å². The second-order valence-electron chi connectivity index (χ2n) is 1.72. The van der Waals surface area contributed by atoms with Crippen LogP contribution < -0.4 is 0 Å². The Morgan fingerprint density at radius 3 is 3.10 bits per heavy atom. The molecule has 1 aromatic heterocycles. The fourth-order valence-corrected chi connectivity index (χ4v) is 0.547. The van der Waals surface area contributed by atoms with Crippen LogP contribution in [0.2, 0.25) is 0 Å². The highest BCUT2D eigenvalue weighted by atomic mass is 16.6. The Morgan fingerprint density at radius 1 is 1.80 bits per heavy atom. The lowest BCUT2D eigenvalue weighted by Gasteiger charge is -1.86. The summed E-state index contributed by atoms with van der Waals surface area (Å²) in [5, 5.41) is 16.0. The van der Waals surface area contributed by atoms with E-state index < -0.39 is 4.92 Å². The SMILES string of the molecule is O=[N+]([O-])CCc1nc[nH]n1. The predicted octanol–water partition coefficient (Wildman–Crippen LogP) is -0.376. The van der Waals surface area contributed by atoms with Crippen molar-refractivity contribution in [2.24, 2.45) is 0 Å². The molecule has 0 spiro atoms. The molecule has 10 heavy (non-hydrogen) atoms. The Morgan fingerprint density at radius 2 is 2.60 bits per heavy atom. The highest BCUT2D eigenvalue weighted by Crippen LogP contribution is 1.86. The Kier molecular flexibility index (Phi) is 1.93. The minimum atomic E-state index is -0.393. The summed E-state index contributed by atoms with van der Waals surface area (Å²) in [7, 11) is 0. The van der Waals surface area contributed by atoms with Crippen LogP contribution in [0.25, 0.3) is 0 Å². The minimum absolute atomic E-state index is 0.113. The number of rotatable bonds is 3. The molecule has 0 fully saturated rings. The van der Waals surface area contributed by atoms with Gasteiger partial charge >= 0.3 is 0 Å². The van der Waals surface area contributed by atoms with Crippen molar-refractivity contribution in [2.75, 3.05) is 6.54 Å². The van der Waals surface area contributed by atoms with E-state index in [1.807, 2.05) is 0 Å². The summed E-state index contributed by atoms with van der Waals surface area (Å²) >= 11 is 0. The monoisotopic (exact) mass is 142 g/mol. The van der Waals surface area contributed by atoms with Gasteiger partial charge in [-0.25, -0.2) is 4.98 Å². The predicted molar refractivity (Wildman–Crippen MR) is 31.9 cm³/mol. The van der Waals surface area contributed by atoms with Crippen LogP contribution in [0.5, 0.6) is 0 Å². The summed E-state index contributed by atoms with van der Waals surface area (Å²) in [5.41, 5.74) is 0. The third-order valence-corrected chi connectivity index (χ3v) is 0.983. The zero-order valence-electron chi connectivity index (χ0n) is 5.15. The number of aromatic nitrogens is 3. The molecule has 54 valence electrons. The number of nitro groups is 1. The summed E-state index contributed by atoms with van der Waals surface area (Å²) in [6.07, 6.45) is 1.69. The van der Waals surface area contributed by atoms with E-state index in [1.54, 1.807) is 0 Å². The molecule has 0 unspecified atom stereocenters. The average Bonchev–Trinajstić information content (AvgIpc) is 2.34. The van der Waals surface area contributed by atoms with E-state index in [4.69, 9.17) is 0 Å². The van der Waals surface area contributed by atoms with Crippen LogP contribution >= 0.6 is 0 Å². The fourth-order valence-electron chi connectivity index (χ4n) is 0.547. The number of aromatic amines is 1. The van der Waals surface area contributed by atoms with Crippen LogP contribution in [0, 0.1) is 10.1 Å². The third kappa shape index (κ3) is 1.81. The van der Waals surface area contributed by atoms with Gasteiger partial charge in [0.15, 0.2) is 5.82 Å². The number of hydrogen-bond donors (Lipinski definition) is 1. The van der Waals surface area contributed by atoms with E-state index in [9.17, 15) is 10.1 Å². The fraction of sp³-hybridized carbons (Fsp3) is 0.500. The third-order valence-electron chi connectivity index (χ3n) is 0.983. The number of nitrogens with one attached hydrogen (secondary N) is 1. The van der Waals surface area contributed by atoms with Crippen LogP contribution in [-0.4, -0.2) is 26.6 Å². The van der Waals surface area contributed by atoms with E-state index in [-0.39, 0.29) is 13.0 Å². The van der Waals surface area contributed by atoms with E-state index in [0.29, 0.717) is 5.82 Å². The van der Waals surface area contributed by atoms with Crippen LogP contribution in [-0.2, 0) is 6.42 Å². The second kappa shape index (κ2) is 2.90. The van der Waals surface area contributed by atoms with Crippen molar-refractivity contribution in [3.63, 3.8) is 0 Å². The Bertz CT molecular complexity index is 207. The van der Waals surface area contributed by atoms with Gasteiger partial charge in [-0.15, -0.1) is 0 Å². The van der Waals surface area contributed by atoms with Crippen molar-refractivity contribution >= 4 is 0 Å².